The van der Waals surface area contributed by atoms with Crippen LogP contribution < -0.4 is 5.56 Å². The first-order valence-corrected chi connectivity index (χ1v) is 6.90. The number of H-pyrrole nitrogens is 1. The molecule has 0 amide bonds. The molecule has 0 bridgehead atoms. The molecule has 1 heterocycles. The Bertz CT molecular complexity index is 778. The van der Waals surface area contributed by atoms with Crippen LogP contribution >= 0.6 is 0 Å². The molecular formula is C16H16N4O. The van der Waals surface area contributed by atoms with Gasteiger partial charge in [-0.25, -0.2) is 4.68 Å². The Hall–Kier alpha value is -2.69. The van der Waals surface area contributed by atoms with Crippen molar-refractivity contribution < 1.29 is 0 Å². The molecule has 0 aliphatic heterocycles. The number of allylic oxidation sites excluding steroid dienone is 4. The number of rotatable bonds is 3. The molecule has 0 saturated heterocycles. The van der Waals surface area contributed by atoms with Crippen LogP contribution in [0.15, 0.2) is 69.3 Å². The van der Waals surface area contributed by atoms with Crippen LogP contribution in [0.5, 0.6) is 0 Å². The highest BCUT2D eigenvalue weighted by atomic mass is 16.1. The average molecular weight is 280 g/mol. The van der Waals surface area contributed by atoms with Crippen LogP contribution in [-0.4, -0.2) is 9.78 Å². The van der Waals surface area contributed by atoms with Crippen molar-refractivity contribution in [2.24, 2.45) is 10.2 Å². The Morgan fingerprint density at radius 3 is 2.71 bits per heavy atom. The second-order valence-corrected chi connectivity index (χ2v) is 4.89. The lowest BCUT2D eigenvalue weighted by Gasteiger charge is -2.00. The quantitative estimate of drug-likeness (QED) is 0.854. The molecule has 5 heteroatoms. The van der Waals surface area contributed by atoms with Crippen LogP contribution in [0.2, 0.25) is 0 Å². The van der Waals surface area contributed by atoms with Crippen molar-refractivity contribution in [3.63, 3.8) is 0 Å². The van der Waals surface area contributed by atoms with Crippen LogP contribution in [0, 0.1) is 6.92 Å². The Kier molecular flexibility index (Phi) is 3.64. The first kappa shape index (κ1) is 13.3. The summed E-state index contributed by atoms with van der Waals surface area (Å²) in [5.74, 6) is 0. The molecular weight excluding hydrogens is 264 g/mol. The van der Waals surface area contributed by atoms with Crippen molar-refractivity contribution in [3.8, 4) is 5.69 Å². The van der Waals surface area contributed by atoms with Crippen molar-refractivity contribution in [1.29, 1.82) is 0 Å². The monoisotopic (exact) mass is 280 g/mol. The lowest BCUT2D eigenvalue weighted by atomic mass is 10.1. The molecule has 3 rings (SSSR count). The average Bonchev–Trinajstić information content (AvgIpc) is 2.82. The number of aryl methyl sites for hydroxylation is 1. The molecule has 0 saturated carbocycles. The number of aromatic nitrogens is 2. The van der Waals surface area contributed by atoms with E-state index in [-0.39, 0.29) is 5.56 Å². The lowest BCUT2D eigenvalue weighted by molar-refractivity contribution is 0.835. The molecule has 1 aromatic carbocycles. The van der Waals surface area contributed by atoms with Gasteiger partial charge in [0, 0.05) is 0 Å². The topological polar surface area (TPSA) is 62.5 Å². The minimum atomic E-state index is -0.186. The van der Waals surface area contributed by atoms with Gasteiger partial charge in [-0.15, -0.1) is 5.11 Å². The Morgan fingerprint density at radius 2 is 2.00 bits per heavy atom. The Morgan fingerprint density at radius 1 is 1.19 bits per heavy atom. The summed E-state index contributed by atoms with van der Waals surface area (Å²) in [6.45, 7) is 1.82. The van der Waals surface area contributed by atoms with Crippen molar-refractivity contribution in [2.75, 3.05) is 0 Å². The normalized spacial score (nSPS) is 14.6. The second-order valence-electron chi connectivity index (χ2n) is 4.89. The van der Waals surface area contributed by atoms with E-state index in [1.807, 2.05) is 49.4 Å². The van der Waals surface area contributed by atoms with Gasteiger partial charge in [-0.3, -0.25) is 9.89 Å². The maximum atomic E-state index is 12.4. The SMILES string of the molecule is Cc1[nH]n(-c2ccccc2)c(=O)c1N=NC1=CC=CCC1. The highest BCUT2D eigenvalue weighted by Gasteiger charge is 2.12. The third-order valence-corrected chi connectivity index (χ3v) is 3.33. The maximum Gasteiger partial charge on any atom is 0.299 e. The summed E-state index contributed by atoms with van der Waals surface area (Å²) < 4.78 is 1.48. The second kappa shape index (κ2) is 5.75. The number of nitrogens with zero attached hydrogens (tertiary/aromatic N) is 3. The molecule has 21 heavy (non-hydrogen) atoms. The van der Waals surface area contributed by atoms with Crippen LogP contribution in [0.25, 0.3) is 5.69 Å². The predicted octanol–water partition coefficient (Wildman–Crippen LogP) is 3.79. The van der Waals surface area contributed by atoms with Gasteiger partial charge in [-0.2, -0.15) is 5.11 Å². The molecule has 1 N–H and O–H groups in total. The van der Waals surface area contributed by atoms with E-state index in [1.165, 1.54) is 4.68 Å². The minimum Gasteiger partial charge on any atom is -0.293 e. The fourth-order valence-electron chi connectivity index (χ4n) is 2.20. The summed E-state index contributed by atoms with van der Waals surface area (Å²) in [4.78, 5) is 12.4. The van der Waals surface area contributed by atoms with Crippen molar-refractivity contribution in [1.82, 2.24) is 9.78 Å². The molecule has 1 aliphatic carbocycles. The number of azo groups is 1. The van der Waals surface area contributed by atoms with Crippen molar-refractivity contribution in [3.05, 3.63) is 70.3 Å². The predicted molar refractivity (Wildman–Crippen MR) is 82.1 cm³/mol. The fourth-order valence-corrected chi connectivity index (χ4v) is 2.20. The molecule has 1 aliphatic rings. The zero-order chi connectivity index (χ0) is 14.7. The van der Waals surface area contributed by atoms with Gasteiger partial charge in [-0.05, 0) is 38.0 Å². The zero-order valence-electron chi connectivity index (χ0n) is 11.8. The van der Waals surface area contributed by atoms with Crippen LogP contribution in [0.1, 0.15) is 18.5 Å². The largest absolute Gasteiger partial charge is 0.299 e. The number of nitrogens with one attached hydrogen (secondary N) is 1. The number of aromatic amines is 1. The van der Waals surface area contributed by atoms with Gasteiger partial charge in [0.2, 0.25) is 0 Å². The molecule has 106 valence electrons. The molecule has 0 unspecified atom stereocenters. The van der Waals surface area contributed by atoms with Crippen LogP contribution in [0.4, 0.5) is 5.69 Å². The molecule has 5 nitrogen and oxygen atoms in total. The van der Waals surface area contributed by atoms with E-state index in [9.17, 15) is 4.79 Å². The molecule has 2 aromatic rings. The van der Waals surface area contributed by atoms with E-state index in [0.29, 0.717) is 11.4 Å². The first-order chi connectivity index (χ1) is 10.3. The third kappa shape index (κ3) is 2.76. The fraction of sp³-hybridized carbons (Fsp3) is 0.188. The van der Waals surface area contributed by atoms with E-state index in [4.69, 9.17) is 0 Å². The summed E-state index contributed by atoms with van der Waals surface area (Å²) in [6, 6.07) is 9.42. The molecule has 0 spiro atoms. The molecule has 0 fully saturated rings. The van der Waals surface area contributed by atoms with Crippen LogP contribution in [-0.2, 0) is 0 Å². The number of para-hydroxylation sites is 1. The number of hydrogen-bond acceptors (Lipinski definition) is 3. The molecule has 1 aromatic heterocycles. The third-order valence-electron chi connectivity index (χ3n) is 3.33. The van der Waals surface area contributed by atoms with Gasteiger partial charge in [-0.1, -0.05) is 30.4 Å². The van der Waals surface area contributed by atoms with Gasteiger partial charge < -0.3 is 0 Å². The van der Waals surface area contributed by atoms with E-state index >= 15 is 0 Å². The number of hydrogen-bond donors (Lipinski definition) is 1. The van der Waals surface area contributed by atoms with Gasteiger partial charge in [0.05, 0.1) is 17.1 Å². The standard InChI is InChI=1S/C16H16N4O/c1-12-15(18-17-13-8-4-2-5-9-13)16(21)20(19-12)14-10-6-3-7-11-14/h2-4,6-8,10-11,19H,5,9H2,1H3. The van der Waals surface area contributed by atoms with Gasteiger partial charge in [0.1, 0.15) is 0 Å². The summed E-state index contributed by atoms with van der Waals surface area (Å²) in [7, 11) is 0. The Balaban J connectivity index is 1.96. The van der Waals surface area contributed by atoms with E-state index < -0.39 is 0 Å². The van der Waals surface area contributed by atoms with Gasteiger partial charge >= 0.3 is 0 Å². The first-order valence-electron chi connectivity index (χ1n) is 6.90. The van der Waals surface area contributed by atoms with E-state index in [0.717, 1.165) is 24.2 Å². The summed E-state index contributed by atoms with van der Waals surface area (Å²) in [6.07, 6.45) is 7.79. The highest BCUT2D eigenvalue weighted by Crippen LogP contribution is 2.18. The Labute approximate surface area is 122 Å². The molecule has 0 radical (unpaired) electrons. The van der Waals surface area contributed by atoms with E-state index in [1.54, 1.807) is 0 Å². The number of benzene rings is 1. The van der Waals surface area contributed by atoms with E-state index in [2.05, 4.69) is 21.4 Å². The van der Waals surface area contributed by atoms with Crippen LogP contribution in [0.3, 0.4) is 0 Å². The summed E-state index contributed by atoms with van der Waals surface area (Å²) in [5.41, 5.74) is 2.55. The van der Waals surface area contributed by atoms with Gasteiger partial charge in [0.25, 0.3) is 5.56 Å². The molecule has 0 atom stereocenters. The lowest BCUT2D eigenvalue weighted by Crippen LogP contribution is -2.13. The van der Waals surface area contributed by atoms with Gasteiger partial charge in [0.15, 0.2) is 5.69 Å². The summed E-state index contributed by atoms with van der Waals surface area (Å²) >= 11 is 0. The minimum absolute atomic E-state index is 0.186. The summed E-state index contributed by atoms with van der Waals surface area (Å²) in [5, 5.41) is 11.4. The maximum absolute atomic E-state index is 12.4. The smallest absolute Gasteiger partial charge is 0.293 e. The zero-order valence-corrected chi connectivity index (χ0v) is 11.8. The van der Waals surface area contributed by atoms with Crippen molar-refractivity contribution >= 4 is 5.69 Å². The highest BCUT2D eigenvalue weighted by molar-refractivity contribution is 5.42. The van der Waals surface area contributed by atoms with Crippen molar-refractivity contribution in [2.45, 2.75) is 19.8 Å².